The van der Waals surface area contributed by atoms with E-state index in [4.69, 9.17) is 4.74 Å². The average molecular weight is 170 g/mol. The highest BCUT2D eigenvalue weighted by molar-refractivity contribution is 6.40. The Bertz CT molecular complexity index is 166. The molecule has 0 aromatic heterocycles. The van der Waals surface area contributed by atoms with Crippen LogP contribution >= 0.6 is 0 Å². The van der Waals surface area contributed by atoms with Crippen LogP contribution in [-0.2, 0) is 4.74 Å². The second-order valence-corrected chi connectivity index (χ2v) is 4.69. The molecule has 0 saturated carbocycles. The van der Waals surface area contributed by atoms with Gasteiger partial charge in [0.25, 0.3) is 0 Å². The Morgan fingerprint density at radius 2 is 2.00 bits per heavy atom. The molecular formula is C9H19BO2. The van der Waals surface area contributed by atoms with Gasteiger partial charge in [0, 0.05) is 0 Å². The normalized spacial score (nSPS) is 41.6. The molecule has 0 aromatic carbocycles. The molecule has 2 atom stereocenters. The molecule has 1 heterocycles. The molecule has 1 N–H and O–H groups in total. The summed E-state index contributed by atoms with van der Waals surface area (Å²) in [6, 6.07) is 0. The summed E-state index contributed by atoms with van der Waals surface area (Å²) in [6.45, 7) is 7.92. The summed E-state index contributed by atoms with van der Waals surface area (Å²) in [5, 5.41) is 9.90. The molecule has 0 aliphatic carbocycles. The second kappa shape index (κ2) is 3.04. The Morgan fingerprint density at radius 3 is 2.58 bits per heavy atom. The van der Waals surface area contributed by atoms with E-state index in [0.29, 0.717) is 0 Å². The van der Waals surface area contributed by atoms with Gasteiger partial charge >= 0.3 is 0 Å². The van der Waals surface area contributed by atoms with Gasteiger partial charge in [-0.1, -0.05) is 20.2 Å². The van der Waals surface area contributed by atoms with Gasteiger partial charge in [-0.15, -0.1) is 0 Å². The molecule has 0 aromatic rings. The van der Waals surface area contributed by atoms with Crippen LogP contribution in [0.1, 0.15) is 34.1 Å². The maximum Gasteiger partial charge on any atom is 0.161 e. The van der Waals surface area contributed by atoms with Gasteiger partial charge in [0.1, 0.15) is 7.28 Å². The minimum Gasteiger partial charge on any atom is -0.366 e. The summed E-state index contributed by atoms with van der Waals surface area (Å²) in [7, 11) is 1.03. The molecule has 3 heteroatoms. The SMILES string of the molecule is CC1CCBC(C)(C)C(C)(O)O1. The molecule has 0 bridgehead atoms. The van der Waals surface area contributed by atoms with Crippen LogP contribution in [0.5, 0.6) is 0 Å². The first-order chi connectivity index (χ1) is 5.35. The van der Waals surface area contributed by atoms with E-state index in [1.165, 1.54) is 0 Å². The van der Waals surface area contributed by atoms with Crippen LogP contribution in [-0.4, -0.2) is 24.3 Å². The van der Waals surface area contributed by atoms with Crippen LogP contribution in [0.25, 0.3) is 0 Å². The molecule has 1 saturated heterocycles. The van der Waals surface area contributed by atoms with Gasteiger partial charge in [0.05, 0.1) is 6.10 Å². The van der Waals surface area contributed by atoms with Gasteiger partial charge in [0.15, 0.2) is 5.79 Å². The smallest absolute Gasteiger partial charge is 0.161 e. The molecule has 1 rings (SSSR count). The van der Waals surface area contributed by atoms with Crippen LogP contribution < -0.4 is 0 Å². The highest BCUT2D eigenvalue weighted by Crippen LogP contribution is 2.42. The molecular weight excluding hydrogens is 151 g/mol. The van der Waals surface area contributed by atoms with E-state index in [-0.39, 0.29) is 11.4 Å². The van der Waals surface area contributed by atoms with Crippen LogP contribution in [0.15, 0.2) is 0 Å². The first-order valence-electron chi connectivity index (χ1n) is 4.75. The molecule has 2 nitrogen and oxygen atoms in total. The fraction of sp³-hybridized carbons (Fsp3) is 1.00. The summed E-state index contributed by atoms with van der Waals surface area (Å²) in [4.78, 5) is 0. The molecule has 1 aliphatic rings. The largest absolute Gasteiger partial charge is 0.366 e. The number of rotatable bonds is 0. The van der Waals surface area contributed by atoms with E-state index in [0.717, 1.165) is 20.0 Å². The Labute approximate surface area is 75.5 Å². The van der Waals surface area contributed by atoms with Gasteiger partial charge in [-0.25, -0.2) is 0 Å². The maximum absolute atomic E-state index is 10.0. The number of aliphatic hydroxyl groups is 1. The van der Waals surface area contributed by atoms with E-state index in [1.807, 2.05) is 6.92 Å². The molecule has 0 spiro atoms. The van der Waals surface area contributed by atoms with Crippen LogP contribution in [0.4, 0.5) is 0 Å². The van der Waals surface area contributed by atoms with Crippen molar-refractivity contribution in [2.45, 2.75) is 57.6 Å². The quantitative estimate of drug-likeness (QED) is 0.559. The van der Waals surface area contributed by atoms with Crippen molar-refractivity contribution in [2.24, 2.45) is 0 Å². The summed E-state index contributed by atoms with van der Waals surface area (Å²) in [6.07, 6.45) is 2.38. The molecule has 0 radical (unpaired) electrons. The molecule has 0 amide bonds. The van der Waals surface area contributed by atoms with Crippen molar-refractivity contribution in [1.29, 1.82) is 0 Å². The average Bonchev–Trinajstić information content (AvgIpc) is 1.90. The third-order valence-corrected chi connectivity index (χ3v) is 3.10. The zero-order valence-corrected chi connectivity index (χ0v) is 8.55. The number of hydrogen-bond donors (Lipinski definition) is 1. The third kappa shape index (κ3) is 1.83. The summed E-state index contributed by atoms with van der Waals surface area (Å²) < 4.78 is 5.57. The van der Waals surface area contributed by atoms with E-state index < -0.39 is 5.79 Å². The molecule has 70 valence electrons. The highest BCUT2D eigenvalue weighted by atomic mass is 16.6. The van der Waals surface area contributed by atoms with Crippen molar-refractivity contribution in [2.75, 3.05) is 0 Å². The summed E-state index contributed by atoms with van der Waals surface area (Å²) in [5.41, 5.74) is 0. The molecule has 2 unspecified atom stereocenters. The summed E-state index contributed by atoms with van der Waals surface area (Å²) >= 11 is 0. The highest BCUT2D eigenvalue weighted by Gasteiger charge is 2.43. The van der Waals surface area contributed by atoms with Crippen LogP contribution in [0.2, 0.25) is 11.6 Å². The van der Waals surface area contributed by atoms with Gasteiger partial charge in [0.2, 0.25) is 0 Å². The van der Waals surface area contributed by atoms with Crippen LogP contribution in [0, 0.1) is 0 Å². The van der Waals surface area contributed by atoms with Gasteiger partial charge < -0.3 is 9.84 Å². The van der Waals surface area contributed by atoms with E-state index >= 15 is 0 Å². The minimum atomic E-state index is -0.969. The molecule has 1 fully saturated rings. The fourth-order valence-corrected chi connectivity index (χ4v) is 1.67. The number of ether oxygens (including phenoxy) is 1. The van der Waals surface area contributed by atoms with Crippen molar-refractivity contribution in [1.82, 2.24) is 0 Å². The van der Waals surface area contributed by atoms with Crippen molar-refractivity contribution >= 4 is 7.28 Å². The van der Waals surface area contributed by atoms with Gasteiger partial charge in [-0.05, 0) is 25.6 Å². The monoisotopic (exact) mass is 170 g/mol. The molecule has 12 heavy (non-hydrogen) atoms. The predicted octanol–water partition coefficient (Wildman–Crippen LogP) is 1.56. The fourth-order valence-electron chi connectivity index (χ4n) is 1.67. The lowest BCUT2D eigenvalue weighted by Crippen LogP contribution is -2.42. The Balaban J connectivity index is 2.78. The minimum absolute atomic E-state index is 0.127. The Hall–Kier alpha value is -0.0151. The van der Waals surface area contributed by atoms with E-state index in [9.17, 15) is 5.11 Å². The lowest BCUT2D eigenvalue weighted by molar-refractivity contribution is -0.230. The van der Waals surface area contributed by atoms with Crippen LogP contribution in [0.3, 0.4) is 0 Å². The zero-order chi connectivity index (χ0) is 9.41. The van der Waals surface area contributed by atoms with Gasteiger partial charge in [-0.3, -0.25) is 0 Å². The van der Waals surface area contributed by atoms with Crippen molar-refractivity contribution < 1.29 is 9.84 Å². The van der Waals surface area contributed by atoms with Crippen molar-refractivity contribution in [3.63, 3.8) is 0 Å². The Kier molecular flexibility index (Phi) is 2.55. The predicted molar refractivity (Wildman–Crippen MR) is 51.8 cm³/mol. The lowest BCUT2D eigenvalue weighted by atomic mass is 9.49. The topological polar surface area (TPSA) is 29.5 Å². The first kappa shape index (κ1) is 10.1. The first-order valence-corrected chi connectivity index (χ1v) is 4.75. The zero-order valence-electron chi connectivity index (χ0n) is 8.55. The standard InChI is InChI=1S/C9H19BO2/c1-7-5-6-10-8(2,3)9(4,11)12-7/h7,10-11H,5-6H2,1-4H3. The summed E-state index contributed by atoms with van der Waals surface area (Å²) in [5.74, 6) is -0.969. The van der Waals surface area contributed by atoms with Gasteiger partial charge in [-0.2, -0.15) is 0 Å². The van der Waals surface area contributed by atoms with Crippen molar-refractivity contribution in [3.05, 3.63) is 0 Å². The van der Waals surface area contributed by atoms with E-state index in [2.05, 4.69) is 13.8 Å². The van der Waals surface area contributed by atoms with Crippen molar-refractivity contribution in [3.8, 4) is 0 Å². The number of hydrogen-bond acceptors (Lipinski definition) is 2. The second-order valence-electron chi connectivity index (χ2n) is 4.69. The maximum atomic E-state index is 10.0. The Morgan fingerprint density at radius 1 is 1.42 bits per heavy atom. The third-order valence-electron chi connectivity index (χ3n) is 3.10. The van der Waals surface area contributed by atoms with E-state index in [1.54, 1.807) is 6.92 Å². The lowest BCUT2D eigenvalue weighted by Gasteiger charge is -2.38. The molecule has 1 aliphatic heterocycles.